The molecule has 12 heavy (non-hydrogen) atoms. The summed E-state index contributed by atoms with van der Waals surface area (Å²) in [5.41, 5.74) is 2.80. The summed E-state index contributed by atoms with van der Waals surface area (Å²) in [7, 11) is 0. The molecule has 0 atom stereocenters. The first-order valence-corrected chi connectivity index (χ1v) is 4.93. The van der Waals surface area contributed by atoms with E-state index in [1.54, 1.807) is 0 Å². The van der Waals surface area contributed by atoms with E-state index in [1.807, 2.05) is 13.8 Å². The summed E-state index contributed by atoms with van der Waals surface area (Å²) in [6, 6.07) is 0. The maximum atomic E-state index is 3.31. The highest BCUT2D eigenvalue weighted by Crippen LogP contribution is 2.08. The van der Waals surface area contributed by atoms with Gasteiger partial charge in [-0.05, 0) is 19.4 Å². The molecule has 0 aromatic rings. The molecule has 1 aliphatic heterocycles. The van der Waals surface area contributed by atoms with Crippen molar-refractivity contribution in [3.05, 3.63) is 23.4 Å². The molecule has 1 rings (SSSR count). The number of hydrogen-bond acceptors (Lipinski definition) is 1. The highest BCUT2D eigenvalue weighted by atomic mass is 14.9. The van der Waals surface area contributed by atoms with Crippen molar-refractivity contribution < 1.29 is 0 Å². The molecular formula is C11H21N. The van der Waals surface area contributed by atoms with Gasteiger partial charge in [-0.25, -0.2) is 0 Å². The number of dihydropyridines is 1. The van der Waals surface area contributed by atoms with Crippen LogP contribution in [0.2, 0.25) is 0 Å². The summed E-state index contributed by atoms with van der Waals surface area (Å²) in [6.07, 6.45) is 6.86. The second-order valence-electron chi connectivity index (χ2n) is 2.78. The molecule has 0 spiro atoms. The molecule has 0 radical (unpaired) electrons. The lowest BCUT2D eigenvalue weighted by Crippen LogP contribution is -2.17. The van der Waals surface area contributed by atoms with E-state index in [2.05, 4.69) is 31.3 Å². The van der Waals surface area contributed by atoms with Gasteiger partial charge in [-0.1, -0.05) is 38.8 Å². The SMILES string of the molecule is CC.CCCC1=CC=C(C)NC1. The second kappa shape index (κ2) is 6.96. The van der Waals surface area contributed by atoms with Crippen LogP contribution in [0.25, 0.3) is 0 Å². The molecule has 0 amide bonds. The Kier molecular flexibility index (Phi) is 6.54. The third-order valence-electron chi connectivity index (χ3n) is 1.73. The van der Waals surface area contributed by atoms with Crippen molar-refractivity contribution in [2.45, 2.75) is 40.5 Å². The second-order valence-corrected chi connectivity index (χ2v) is 2.78. The van der Waals surface area contributed by atoms with Crippen LogP contribution in [-0.2, 0) is 0 Å². The van der Waals surface area contributed by atoms with Crippen LogP contribution in [0.4, 0.5) is 0 Å². The third-order valence-corrected chi connectivity index (χ3v) is 1.73. The van der Waals surface area contributed by atoms with Gasteiger partial charge in [0, 0.05) is 12.2 Å². The molecule has 0 saturated carbocycles. The molecule has 0 aliphatic carbocycles. The molecule has 70 valence electrons. The van der Waals surface area contributed by atoms with Crippen LogP contribution in [0.3, 0.4) is 0 Å². The van der Waals surface area contributed by atoms with E-state index in [-0.39, 0.29) is 0 Å². The highest BCUT2D eigenvalue weighted by Gasteiger charge is 1.99. The number of nitrogens with one attached hydrogen (secondary N) is 1. The lowest BCUT2D eigenvalue weighted by molar-refractivity contribution is 0.784. The van der Waals surface area contributed by atoms with Crippen molar-refractivity contribution in [2.75, 3.05) is 6.54 Å². The van der Waals surface area contributed by atoms with E-state index in [0.717, 1.165) is 6.54 Å². The number of rotatable bonds is 2. The molecular weight excluding hydrogens is 146 g/mol. The van der Waals surface area contributed by atoms with Gasteiger partial charge in [0.05, 0.1) is 0 Å². The van der Waals surface area contributed by atoms with Gasteiger partial charge in [0.15, 0.2) is 0 Å². The van der Waals surface area contributed by atoms with Gasteiger partial charge in [-0.3, -0.25) is 0 Å². The van der Waals surface area contributed by atoms with Crippen molar-refractivity contribution in [1.82, 2.24) is 5.32 Å². The first kappa shape index (κ1) is 11.3. The molecule has 1 heteroatoms. The molecule has 0 aromatic heterocycles. The van der Waals surface area contributed by atoms with Gasteiger partial charge in [0.25, 0.3) is 0 Å². The van der Waals surface area contributed by atoms with Gasteiger partial charge in [-0.15, -0.1) is 0 Å². The number of allylic oxidation sites excluding steroid dienone is 3. The summed E-state index contributed by atoms with van der Waals surface area (Å²) in [5.74, 6) is 0. The van der Waals surface area contributed by atoms with Gasteiger partial charge in [0.2, 0.25) is 0 Å². The Morgan fingerprint density at radius 1 is 1.33 bits per heavy atom. The van der Waals surface area contributed by atoms with E-state index in [9.17, 15) is 0 Å². The van der Waals surface area contributed by atoms with Gasteiger partial charge in [0.1, 0.15) is 0 Å². The standard InChI is InChI=1S/C9H15N.C2H6/c1-3-4-9-6-5-8(2)10-7-9;1-2/h5-6,10H,3-4,7H2,1-2H3;1-2H3. The first-order chi connectivity index (χ1) is 5.83. The number of hydrogen-bond donors (Lipinski definition) is 1. The first-order valence-electron chi connectivity index (χ1n) is 4.93. The Bertz CT molecular complexity index is 162. The van der Waals surface area contributed by atoms with E-state index in [0.29, 0.717) is 0 Å². The van der Waals surface area contributed by atoms with Crippen LogP contribution >= 0.6 is 0 Å². The summed E-state index contributed by atoms with van der Waals surface area (Å²) < 4.78 is 0. The Hall–Kier alpha value is -0.720. The van der Waals surface area contributed by atoms with E-state index in [4.69, 9.17) is 0 Å². The predicted octanol–water partition coefficient (Wildman–Crippen LogP) is 3.25. The minimum Gasteiger partial charge on any atom is -0.385 e. The average Bonchev–Trinajstić information content (AvgIpc) is 2.13. The molecule has 1 aliphatic rings. The molecule has 1 nitrogen and oxygen atoms in total. The van der Waals surface area contributed by atoms with Crippen LogP contribution in [0.15, 0.2) is 23.4 Å². The Morgan fingerprint density at radius 3 is 2.42 bits per heavy atom. The fourth-order valence-corrected chi connectivity index (χ4v) is 1.11. The molecule has 0 unspecified atom stereocenters. The summed E-state index contributed by atoms with van der Waals surface area (Å²) in [5, 5.41) is 3.31. The van der Waals surface area contributed by atoms with Gasteiger partial charge >= 0.3 is 0 Å². The molecule has 1 heterocycles. The smallest absolute Gasteiger partial charge is 0.0360 e. The largest absolute Gasteiger partial charge is 0.385 e. The summed E-state index contributed by atoms with van der Waals surface area (Å²) >= 11 is 0. The molecule has 0 aromatic carbocycles. The van der Waals surface area contributed by atoms with E-state index >= 15 is 0 Å². The molecule has 1 N–H and O–H groups in total. The van der Waals surface area contributed by atoms with Crippen LogP contribution in [-0.4, -0.2) is 6.54 Å². The zero-order chi connectivity index (χ0) is 9.40. The van der Waals surface area contributed by atoms with Crippen LogP contribution < -0.4 is 5.32 Å². The molecule has 0 saturated heterocycles. The summed E-state index contributed by atoms with van der Waals surface area (Å²) in [6.45, 7) is 9.36. The molecule has 0 bridgehead atoms. The maximum absolute atomic E-state index is 3.31. The minimum atomic E-state index is 1.05. The highest BCUT2D eigenvalue weighted by molar-refractivity contribution is 5.22. The Balaban J connectivity index is 0.000000561. The van der Waals surface area contributed by atoms with Crippen LogP contribution in [0, 0.1) is 0 Å². The van der Waals surface area contributed by atoms with Crippen molar-refractivity contribution in [1.29, 1.82) is 0 Å². The monoisotopic (exact) mass is 167 g/mol. The maximum Gasteiger partial charge on any atom is 0.0360 e. The zero-order valence-corrected chi connectivity index (χ0v) is 8.78. The van der Waals surface area contributed by atoms with Crippen LogP contribution in [0.1, 0.15) is 40.5 Å². The summed E-state index contributed by atoms with van der Waals surface area (Å²) in [4.78, 5) is 0. The van der Waals surface area contributed by atoms with Gasteiger partial charge in [-0.2, -0.15) is 0 Å². The molecule has 0 fully saturated rings. The predicted molar refractivity (Wildman–Crippen MR) is 56.1 cm³/mol. The lowest BCUT2D eigenvalue weighted by Gasteiger charge is -2.13. The minimum absolute atomic E-state index is 1.05. The normalized spacial score (nSPS) is 15.0. The quantitative estimate of drug-likeness (QED) is 0.665. The Labute approximate surface area is 76.6 Å². The topological polar surface area (TPSA) is 12.0 Å². The van der Waals surface area contributed by atoms with Crippen molar-refractivity contribution in [3.8, 4) is 0 Å². The van der Waals surface area contributed by atoms with Crippen molar-refractivity contribution >= 4 is 0 Å². The average molecular weight is 167 g/mol. The van der Waals surface area contributed by atoms with Crippen molar-refractivity contribution in [2.24, 2.45) is 0 Å². The fraction of sp³-hybridized carbons (Fsp3) is 0.636. The van der Waals surface area contributed by atoms with E-state index in [1.165, 1.54) is 24.1 Å². The van der Waals surface area contributed by atoms with E-state index < -0.39 is 0 Å². The fourth-order valence-electron chi connectivity index (χ4n) is 1.11. The lowest BCUT2D eigenvalue weighted by atomic mass is 10.1. The Morgan fingerprint density at radius 2 is 2.00 bits per heavy atom. The third kappa shape index (κ3) is 4.22. The zero-order valence-electron chi connectivity index (χ0n) is 8.78. The van der Waals surface area contributed by atoms with Crippen molar-refractivity contribution in [3.63, 3.8) is 0 Å². The van der Waals surface area contributed by atoms with Gasteiger partial charge < -0.3 is 5.32 Å². The van der Waals surface area contributed by atoms with Crippen LogP contribution in [0.5, 0.6) is 0 Å².